The fourth-order valence-corrected chi connectivity index (χ4v) is 2.15. The van der Waals surface area contributed by atoms with Gasteiger partial charge in [-0.05, 0) is 23.3 Å². The number of benzene rings is 2. The van der Waals surface area contributed by atoms with Crippen molar-refractivity contribution in [2.75, 3.05) is 13.7 Å². The zero-order chi connectivity index (χ0) is 15.8. The van der Waals surface area contributed by atoms with E-state index < -0.39 is 0 Å². The maximum absolute atomic E-state index is 11.3. The molecule has 0 fully saturated rings. The Balaban J connectivity index is 1.95. The molecule has 1 unspecified atom stereocenters. The van der Waals surface area contributed by atoms with Crippen molar-refractivity contribution in [3.8, 4) is 5.75 Å². The highest BCUT2D eigenvalue weighted by atomic mass is 16.5. The first-order valence-corrected chi connectivity index (χ1v) is 7.17. The normalized spacial score (nSPS) is 11.7. The summed E-state index contributed by atoms with van der Waals surface area (Å²) >= 11 is 0. The van der Waals surface area contributed by atoms with E-state index >= 15 is 0 Å². The number of hydrogen-bond acceptors (Lipinski definition) is 4. The third-order valence-corrected chi connectivity index (χ3v) is 3.46. The number of aliphatic hydroxyl groups excluding tert-OH is 1. The molecule has 0 bridgehead atoms. The van der Waals surface area contributed by atoms with E-state index in [4.69, 9.17) is 4.74 Å². The number of esters is 1. The largest absolute Gasteiger partial charge is 0.489 e. The minimum atomic E-state index is -0.330. The summed E-state index contributed by atoms with van der Waals surface area (Å²) in [5.41, 5.74) is 1.99. The Morgan fingerprint density at radius 2 is 1.77 bits per heavy atom. The summed E-state index contributed by atoms with van der Waals surface area (Å²) in [7, 11) is 1.34. The second-order valence-electron chi connectivity index (χ2n) is 5.00. The maximum atomic E-state index is 11.3. The van der Waals surface area contributed by atoms with Gasteiger partial charge in [0.25, 0.3) is 0 Å². The van der Waals surface area contributed by atoms with Crippen LogP contribution >= 0.6 is 0 Å². The Labute approximate surface area is 130 Å². The number of carbonyl (C=O) groups is 1. The number of carbonyl (C=O) groups excluding carboxylic acids is 1. The van der Waals surface area contributed by atoms with Gasteiger partial charge >= 0.3 is 5.97 Å². The molecule has 0 saturated carbocycles. The average Bonchev–Trinajstić information content (AvgIpc) is 2.59. The Kier molecular flexibility index (Phi) is 5.98. The third kappa shape index (κ3) is 4.60. The third-order valence-electron chi connectivity index (χ3n) is 3.46. The molecule has 0 radical (unpaired) electrons. The summed E-state index contributed by atoms with van der Waals surface area (Å²) in [4.78, 5) is 11.3. The van der Waals surface area contributed by atoms with E-state index in [0.717, 1.165) is 16.9 Å². The van der Waals surface area contributed by atoms with Gasteiger partial charge in [0, 0.05) is 5.92 Å². The van der Waals surface area contributed by atoms with Gasteiger partial charge < -0.3 is 14.6 Å². The highest BCUT2D eigenvalue weighted by molar-refractivity contribution is 5.70. The molecule has 2 rings (SSSR count). The van der Waals surface area contributed by atoms with Gasteiger partial charge in [0.05, 0.1) is 20.1 Å². The summed E-state index contributed by atoms with van der Waals surface area (Å²) in [6.07, 6.45) is 0.164. The molecule has 0 spiro atoms. The Morgan fingerprint density at radius 3 is 2.36 bits per heavy atom. The first kappa shape index (κ1) is 16.0. The summed E-state index contributed by atoms with van der Waals surface area (Å²) in [6, 6.07) is 17.3. The fraction of sp³-hybridized carbons (Fsp3) is 0.278. The van der Waals surface area contributed by atoms with Crippen molar-refractivity contribution in [1.29, 1.82) is 0 Å². The van der Waals surface area contributed by atoms with Gasteiger partial charge in [-0.3, -0.25) is 4.79 Å². The van der Waals surface area contributed by atoms with Crippen molar-refractivity contribution in [3.05, 3.63) is 65.7 Å². The molecular weight excluding hydrogens is 280 g/mol. The summed E-state index contributed by atoms with van der Waals surface area (Å²) in [5.74, 6) is 0.168. The lowest BCUT2D eigenvalue weighted by Crippen LogP contribution is -2.12. The standard InChI is InChI=1S/C18H20O4/c1-21-18(20)11-16(12-19)15-7-9-17(10-8-15)22-13-14-5-3-2-4-6-14/h2-10,16,19H,11-13H2,1H3. The van der Waals surface area contributed by atoms with Gasteiger partial charge in [-0.25, -0.2) is 0 Å². The summed E-state index contributed by atoms with van der Waals surface area (Å²) < 4.78 is 10.3. The van der Waals surface area contributed by atoms with Crippen molar-refractivity contribution >= 4 is 5.97 Å². The van der Waals surface area contributed by atoms with E-state index in [0.29, 0.717) is 6.61 Å². The average molecular weight is 300 g/mol. The molecule has 116 valence electrons. The van der Waals surface area contributed by atoms with Gasteiger partial charge in [0.2, 0.25) is 0 Å². The molecule has 0 saturated heterocycles. The quantitative estimate of drug-likeness (QED) is 0.799. The van der Waals surface area contributed by atoms with Crippen molar-refractivity contribution in [2.45, 2.75) is 18.9 Å². The predicted octanol–water partition coefficient (Wildman–Crippen LogP) is 2.90. The number of hydrogen-bond donors (Lipinski definition) is 1. The molecule has 0 heterocycles. The molecule has 0 aliphatic carbocycles. The lowest BCUT2D eigenvalue weighted by atomic mass is 9.96. The number of aliphatic hydroxyl groups is 1. The first-order chi connectivity index (χ1) is 10.7. The molecule has 1 atom stereocenters. The molecule has 4 heteroatoms. The van der Waals surface area contributed by atoms with Crippen molar-refractivity contribution in [1.82, 2.24) is 0 Å². The lowest BCUT2D eigenvalue weighted by Gasteiger charge is -2.14. The molecule has 0 amide bonds. The van der Waals surface area contributed by atoms with Crippen LogP contribution in [0.4, 0.5) is 0 Å². The molecule has 4 nitrogen and oxygen atoms in total. The van der Waals surface area contributed by atoms with E-state index in [1.54, 1.807) is 0 Å². The van der Waals surface area contributed by atoms with Crippen LogP contribution in [0.2, 0.25) is 0 Å². The van der Waals surface area contributed by atoms with Crippen LogP contribution in [-0.2, 0) is 16.1 Å². The van der Waals surface area contributed by atoms with E-state index in [1.807, 2.05) is 54.6 Å². The molecule has 0 aliphatic heterocycles. The molecule has 2 aromatic carbocycles. The Hall–Kier alpha value is -2.33. The lowest BCUT2D eigenvalue weighted by molar-refractivity contribution is -0.141. The molecule has 22 heavy (non-hydrogen) atoms. The van der Waals surface area contributed by atoms with Crippen molar-refractivity contribution in [2.24, 2.45) is 0 Å². The zero-order valence-corrected chi connectivity index (χ0v) is 12.6. The number of rotatable bonds is 7. The van der Waals surface area contributed by atoms with Crippen LogP contribution in [0.1, 0.15) is 23.5 Å². The minimum Gasteiger partial charge on any atom is -0.489 e. The van der Waals surface area contributed by atoms with Crippen LogP contribution in [0.5, 0.6) is 5.75 Å². The topological polar surface area (TPSA) is 55.8 Å². The van der Waals surface area contributed by atoms with E-state index in [2.05, 4.69) is 4.74 Å². The highest BCUT2D eigenvalue weighted by Gasteiger charge is 2.15. The van der Waals surface area contributed by atoms with Crippen LogP contribution < -0.4 is 4.74 Å². The van der Waals surface area contributed by atoms with Gasteiger partial charge in [0.15, 0.2) is 0 Å². The molecular formula is C18H20O4. The molecule has 1 N–H and O–H groups in total. The maximum Gasteiger partial charge on any atom is 0.306 e. The van der Waals surface area contributed by atoms with Crippen molar-refractivity contribution in [3.63, 3.8) is 0 Å². The predicted molar refractivity (Wildman–Crippen MR) is 83.7 cm³/mol. The van der Waals surface area contributed by atoms with Crippen LogP contribution in [0.15, 0.2) is 54.6 Å². The van der Waals surface area contributed by atoms with Crippen LogP contribution in [-0.4, -0.2) is 24.8 Å². The Bertz CT molecular complexity index is 578. The van der Waals surface area contributed by atoms with E-state index in [-0.39, 0.29) is 24.9 Å². The van der Waals surface area contributed by atoms with Crippen LogP contribution in [0, 0.1) is 0 Å². The number of methoxy groups -OCH3 is 1. The second kappa shape index (κ2) is 8.20. The SMILES string of the molecule is COC(=O)CC(CO)c1ccc(OCc2ccccc2)cc1. The highest BCUT2D eigenvalue weighted by Crippen LogP contribution is 2.23. The second-order valence-corrected chi connectivity index (χ2v) is 5.00. The van der Waals surface area contributed by atoms with Gasteiger partial charge in [-0.15, -0.1) is 0 Å². The minimum absolute atomic E-state index is 0.0979. The zero-order valence-electron chi connectivity index (χ0n) is 12.6. The van der Waals surface area contributed by atoms with Gasteiger partial charge in [-0.2, -0.15) is 0 Å². The number of ether oxygens (including phenoxy) is 2. The van der Waals surface area contributed by atoms with E-state index in [1.165, 1.54) is 7.11 Å². The Morgan fingerprint density at radius 1 is 1.09 bits per heavy atom. The van der Waals surface area contributed by atoms with Gasteiger partial charge in [-0.1, -0.05) is 42.5 Å². The molecule has 0 aromatic heterocycles. The summed E-state index contributed by atoms with van der Waals surface area (Å²) in [6.45, 7) is 0.408. The smallest absolute Gasteiger partial charge is 0.306 e. The van der Waals surface area contributed by atoms with Crippen LogP contribution in [0.3, 0.4) is 0 Å². The first-order valence-electron chi connectivity index (χ1n) is 7.17. The summed E-state index contributed by atoms with van der Waals surface area (Å²) in [5, 5.41) is 9.41. The van der Waals surface area contributed by atoms with Crippen LogP contribution in [0.25, 0.3) is 0 Å². The van der Waals surface area contributed by atoms with Crippen molar-refractivity contribution < 1.29 is 19.4 Å². The van der Waals surface area contributed by atoms with Gasteiger partial charge in [0.1, 0.15) is 12.4 Å². The fourth-order valence-electron chi connectivity index (χ4n) is 2.15. The molecule has 0 aliphatic rings. The monoisotopic (exact) mass is 300 g/mol. The van der Waals surface area contributed by atoms with E-state index in [9.17, 15) is 9.90 Å². The molecule has 2 aromatic rings.